The fourth-order valence-electron chi connectivity index (χ4n) is 2.92. The van der Waals surface area contributed by atoms with Crippen molar-refractivity contribution in [2.75, 3.05) is 7.05 Å². The van der Waals surface area contributed by atoms with Crippen LogP contribution in [0.3, 0.4) is 0 Å². The first kappa shape index (κ1) is 17.4. The average Bonchev–Trinajstić information content (AvgIpc) is 3.11. The number of benzene rings is 2. The van der Waals surface area contributed by atoms with E-state index in [1.807, 2.05) is 48.5 Å². The van der Waals surface area contributed by atoms with Crippen molar-refractivity contribution in [2.24, 2.45) is 5.73 Å². The molecule has 3 aromatic rings. The lowest BCUT2D eigenvalue weighted by Gasteiger charge is -2.25. The predicted octanol–water partition coefficient (Wildman–Crippen LogP) is 2.40. The summed E-state index contributed by atoms with van der Waals surface area (Å²) in [5.41, 5.74) is 8.87. The molecule has 3 rings (SSSR count). The van der Waals surface area contributed by atoms with Gasteiger partial charge in [-0.25, -0.2) is 4.68 Å². The first-order chi connectivity index (χ1) is 12.6. The Labute approximate surface area is 152 Å². The van der Waals surface area contributed by atoms with Crippen molar-refractivity contribution in [3.8, 4) is 11.8 Å². The van der Waals surface area contributed by atoms with Gasteiger partial charge in [0.2, 0.25) is 5.91 Å². The second-order valence-electron chi connectivity index (χ2n) is 6.08. The molecule has 1 atom stereocenters. The average molecular weight is 345 g/mol. The summed E-state index contributed by atoms with van der Waals surface area (Å²) in [5, 5.41) is 13.3. The molecule has 1 aromatic heterocycles. The van der Waals surface area contributed by atoms with E-state index in [9.17, 15) is 4.79 Å². The Morgan fingerprint density at radius 1 is 1.23 bits per heavy atom. The number of rotatable bonds is 6. The standard InChI is InChI=1S/C20H19N5O/c1-24(19(20(22)26)17-9-7-15(11-21)8-10-17)13-16-12-23-25(14-16)18-5-3-2-4-6-18/h2-10,12,14,19H,13H2,1H3,(H2,22,26)/t19-/m1/s1. The van der Waals surface area contributed by atoms with Crippen LogP contribution in [-0.4, -0.2) is 27.6 Å². The number of carbonyl (C=O) groups is 1. The van der Waals surface area contributed by atoms with Gasteiger partial charge in [-0.2, -0.15) is 10.4 Å². The molecule has 0 saturated carbocycles. The molecule has 0 unspecified atom stereocenters. The van der Waals surface area contributed by atoms with Gasteiger partial charge in [0.15, 0.2) is 0 Å². The molecule has 6 nitrogen and oxygen atoms in total. The molecule has 0 aliphatic rings. The van der Waals surface area contributed by atoms with E-state index < -0.39 is 11.9 Å². The smallest absolute Gasteiger partial charge is 0.239 e. The molecule has 1 amide bonds. The Morgan fingerprint density at radius 2 is 1.92 bits per heavy atom. The Hall–Kier alpha value is -3.43. The Morgan fingerprint density at radius 3 is 2.54 bits per heavy atom. The van der Waals surface area contributed by atoms with Crippen molar-refractivity contribution < 1.29 is 4.79 Å². The molecular formula is C20H19N5O. The third kappa shape index (κ3) is 3.79. The zero-order valence-corrected chi connectivity index (χ0v) is 14.4. The van der Waals surface area contributed by atoms with Gasteiger partial charge in [-0.05, 0) is 36.9 Å². The maximum Gasteiger partial charge on any atom is 0.239 e. The van der Waals surface area contributed by atoms with Gasteiger partial charge in [0.1, 0.15) is 6.04 Å². The highest BCUT2D eigenvalue weighted by Gasteiger charge is 2.23. The van der Waals surface area contributed by atoms with Gasteiger partial charge < -0.3 is 5.73 Å². The third-order valence-corrected chi connectivity index (χ3v) is 4.15. The summed E-state index contributed by atoms with van der Waals surface area (Å²) in [6.07, 6.45) is 3.71. The molecule has 0 aliphatic carbocycles. The maximum atomic E-state index is 12.0. The van der Waals surface area contributed by atoms with Crippen LogP contribution in [0.5, 0.6) is 0 Å². The summed E-state index contributed by atoms with van der Waals surface area (Å²) in [6.45, 7) is 0.514. The monoisotopic (exact) mass is 345 g/mol. The van der Waals surface area contributed by atoms with Crippen molar-refractivity contribution in [1.82, 2.24) is 14.7 Å². The Balaban J connectivity index is 1.78. The lowest BCUT2D eigenvalue weighted by atomic mass is 10.0. The minimum absolute atomic E-state index is 0.437. The van der Waals surface area contributed by atoms with Gasteiger partial charge in [-0.15, -0.1) is 0 Å². The zero-order chi connectivity index (χ0) is 18.5. The van der Waals surface area contributed by atoms with Crippen LogP contribution in [0, 0.1) is 11.3 Å². The summed E-state index contributed by atoms with van der Waals surface area (Å²) >= 11 is 0. The van der Waals surface area contributed by atoms with Crippen LogP contribution < -0.4 is 5.73 Å². The molecular weight excluding hydrogens is 326 g/mol. The van der Waals surface area contributed by atoms with E-state index in [1.165, 1.54) is 0 Å². The predicted molar refractivity (Wildman–Crippen MR) is 98.1 cm³/mol. The largest absolute Gasteiger partial charge is 0.368 e. The molecule has 2 N–H and O–H groups in total. The van der Waals surface area contributed by atoms with Crippen LogP contribution in [0.1, 0.15) is 22.7 Å². The third-order valence-electron chi connectivity index (χ3n) is 4.15. The summed E-state index contributed by atoms with van der Waals surface area (Å²) in [5.74, 6) is -0.437. The first-order valence-electron chi connectivity index (χ1n) is 8.17. The highest BCUT2D eigenvalue weighted by Crippen LogP contribution is 2.22. The lowest BCUT2D eigenvalue weighted by molar-refractivity contribution is -0.123. The Bertz CT molecular complexity index is 925. The van der Waals surface area contributed by atoms with Crippen LogP contribution in [-0.2, 0) is 11.3 Å². The summed E-state index contributed by atoms with van der Waals surface area (Å²) < 4.78 is 1.80. The van der Waals surface area contributed by atoms with Crippen LogP contribution in [0.25, 0.3) is 5.69 Å². The molecule has 0 spiro atoms. The van der Waals surface area contributed by atoms with Gasteiger partial charge >= 0.3 is 0 Å². The number of aromatic nitrogens is 2. The fourth-order valence-corrected chi connectivity index (χ4v) is 2.92. The van der Waals surface area contributed by atoms with Crippen molar-refractivity contribution >= 4 is 5.91 Å². The summed E-state index contributed by atoms with van der Waals surface area (Å²) in [4.78, 5) is 13.9. The quantitative estimate of drug-likeness (QED) is 0.743. The number of primary amides is 1. The summed E-state index contributed by atoms with van der Waals surface area (Å²) in [6, 6.07) is 18.2. The molecule has 0 aliphatic heterocycles. The van der Waals surface area contributed by atoms with Gasteiger partial charge in [-0.3, -0.25) is 9.69 Å². The van der Waals surface area contributed by atoms with E-state index in [1.54, 1.807) is 35.1 Å². The van der Waals surface area contributed by atoms with Crippen LogP contribution >= 0.6 is 0 Å². The molecule has 0 fully saturated rings. The number of nitriles is 1. The number of likely N-dealkylation sites (N-methyl/N-ethyl adjacent to an activating group) is 1. The molecule has 0 radical (unpaired) electrons. The Kier molecular flexibility index (Phi) is 5.11. The van der Waals surface area contributed by atoms with E-state index in [-0.39, 0.29) is 0 Å². The second kappa shape index (κ2) is 7.64. The number of para-hydroxylation sites is 1. The topological polar surface area (TPSA) is 87.9 Å². The normalized spacial score (nSPS) is 11.9. The van der Waals surface area contributed by atoms with Crippen LogP contribution in [0.2, 0.25) is 0 Å². The van der Waals surface area contributed by atoms with E-state index in [0.717, 1.165) is 16.8 Å². The number of carbonyl (C=O) groups excluding carboxylic acids is 1. The van der Waals surface area contributed by atoms with Gasteiger partial charge in [0.05, 0.1) is 23.5 Å². The SMILES string of the molecule is CN(Cc1cnn(-c2ccccc2)c1)[C@@H](C(N)=O)c1ccc(C#N)cc1. The van der Waals surface area contributed by atoms with Crippen LogP contribution in [0.15, 0.2) is 67.0 Å². The van der Waals surface area contributed by atoms with Gasteiger partial charge in [-0.1, -0.05) is 30.3 Å². The molecule has 26 heavy (non-hydrogen) atoms. The number of hydrogen-bond acceptors (Lipinski definition) is 4. The lowest BCUT2D eigenvalue weighted by Crippen LogP contribution is -2.34. The number of hydrogen-bond donors (Lipinski definition) is 1. The molecule has 130 valence electrons. The van der Waals surface area contributed by atoms with Crippen molar-refractivity contribution in [1.29, 1.82) is 5.26 Å². The number of nitrogens with zero attached hydrogens (tertiary/aromatic N) is 4. The highest BCUT2D eigenvalue weighted by atomic mass is 16.1. The molecule has 6 heteroatoms. The fraction of sp³-hybridized carbons (Fsp3) is 0.150. The molecule has 0 bridgehead atoms. The molecule has 1 heterocycles. The highest BCUT2D eigenvalue weighted by molar-refractivity contribution is 5.81. The van der Waals surface area contributed by atoms with E-state index in [2.05, 4.69) is 11.2 Å². The minimum Gasteiger partial charge on any atom is -0.368 e. The van der Waals surface area contributed by atoms with E-state index in [4.69, 9.17) is 11.0 Å². The van der Waals surface area contributed by atoms with E-state index in [0.29, 0.717) is 12.1 Å². The van der Waals surface area contributed by atoms with Gasteiger partial charge in [0, 0.05) is 18.3 Å². The van der Waals surface area contributed by atoms with Crippen molar-refractivity contribution in [2.45, 2.75) is 12.6 Å². The minimum atomic E-state index is -0.581. The molecule has 0 saturated heterocycles. The number of nitrogens with two attached hydrogens (primary N) is 1. The van der Waals surface area contributed by atoms with Crippen LogP contribution in [0.4, 0.5) is 0 Å². The molecule has 2 aromatic carbocycles. The zero-order valence-electron chi connectivity index (χ0n) is 14.4. The van der Waals surface area contributed by atoms with Gasteiger partial charge in [0.25, 0.3) is 0 Å². The van der Waals surface area contributed by atoms with Crippen molar-refractivity contribution in [3.63, 3.8) is 0 Å². The van der Waals surface area contributed by atoms with Crippen molar-refractivity contribution in [3.05, 3.63) is 83.7 Å². The maximum absolute atomic E-state index is 12.0. The van der Waals surface area contributed by atoms with E-state index >= 15 is 0 Å². The summed E-state index contributed by atoms with van der Waals surface area (Å²) in [7, 11) is 1.84. The first-order valence-corrected chi connectivity index (χ1v) is 8.17. The second-order valence-corrected chi connectivity index (χ2v) is 6.08. The number of amides is 1.